The highest BCUT2D eigenvalue weighted by Crippen LogP contribution is 2.35. The molecule has 1 amide bonds. The Hall–Kier alpha value is -2.18. The minimum Gasteiger partial charge on any atom is -0.339 e. The van der Waals surface area contributed by atoms with Gasteiger partial charge in [0.15, 0.2) is 5.82 Å². The van der Waals surface area contributed by atoms with Crippen molar-refractivity contribution in [1.82, 2.24) is 24.8 Å². The zero-order chi connectivity index (χ0) is 18.0. The highest BCUT2D eigenvalue weighted by Gasteiger charge is 2.26. The molecular weight excluding hydrogens is 318 g/mol. The van der Waals surface area contributed by atoms with E-state index in [1.165, 1.54) is 12.0 Å². The summed E-state index contributed by atoms with van der Waals surface area (Å²) >= 11 is 0. The van der Waals surface area contributed by atoms with E-state index in [1.54, 1.807) is 4.90 Å². The number of rotatable bonds is 7. The number of aryl methyl sites for hydroxylation is 2. The van der Waals surface area contributed by atoms with Crippen molar-refractivity contribution in [2.45, 2.75) is 65.3 Å². The molecule has 1 aliphatic carbocycles. The van der Waals surface area contributed by atoms with Crippen molar-refractivity contribution in [3.8, 4) is 0 Å². The summed E-state index contributed by atoms with van der Waals surface area (Å²) in [5.74, 6) is 1.86. The SMILES string of the molecule is CCN(Cc1noc(C2CCC2)n1)C(=O)CCc1c(C)nn(C)c1C. The summed E-state index contributed by atoms with van der Waals surface area (Å²) in [6, 6.07) is 0. The van der Waals surface area contributed by atoms with Crippen LogP contribution in [0.5, 0.6) is 0 Å². The number of hydrogen-bond acceptors (Lipinski definition) is 5. The number of hydrogen-bond donors (Lipinski definition) is 0. The Morgan fingerprint density at radius 2 is 2.12 bits per heavy atom. The Bertz CT molecular complexity index is 745. The maximum Gasteiger partial charge on any atom is 0.229 e. The third-order valence-electron chi connectivity index (χ3n) is 5.25. The normalized spacial score (nSPS) is 14.6. The van der Waals surface area contributed by atoms with Crippen molar-refractivity contribution in [2.75, 3.05) is 6.54 Å². The van der Waals surface area contributed by atoms with Gasteiger partial charge in [0, 0.05) is 31.6 Å². The topological polar surface area (TPSA) is 77.1 Å². The van der Waals surface area contributed by atoms with Crippen LogP contribution in [0.15, 0.2) is 4.52 Å². The van der Waals surface area contributed by atoms with E-state index in [2.05, 4.69) is 15.2 Å². The Kier molecular flexibility index (Phi) is 5.20. The standard InChI is InChI=1S/C18H27N5O2/c1-5-23(11-16-19-18(25-21-16)14-7-6-8-14)17(24)10-9-15-12(2)20-22(4)13(15)3/h14H,5-11H2,1-4H3. The van der Waals surface area contributed by atoms with Gasteiger partial charge in [0.05, 0.1) is 12.2 Å². The van der Waals surface area contributed by atoms with Crippen molar-refractivity contribution in [1.29, 1.82) is 0 Å². The van der Waals surface area contributed by atoms with Crippen molar-refractivity contribution in [3.05, 3.63) is 28.7 Å². The molecule has 1 aliphatic rings. The van der Waals surface area contributed by atoms with Crippen LogP contribution >= 0.6 is 0 Å². The quantitative estimate of drug-likeness (QED) is 0.771. The Morgan fingerprint density at radius 1 is 1.36 bits per heavy atom. The van der Waals surface area contributed by atoms with Gasteiger partial charge >= 0.3 is 0 Å². The van der Waals surface area contributed by atoms with E-state index in [0.717, 1.165) is 30.1 Å². The first-order chi connectivity index (χ1) is 12.0. The third-order valence-corrected chi connectivity index (χ3v) is 5.25. The van der Waals surface area contributed by atoms with E-state index in [0.29, 0.717) is 37.7 Å². The van der Waals surface area contributed by atoms with E-state index in [4.69, 9.17) is 4.52 Å². The maximum atomic E-state index is 12.6. The Balaban J connectivity index is 1.58. The molecule has 0 spiro atoms. The molecule has 0 aromatic carbocycles. The zero-order valence-corrected chi connectivity index (χ0v) is 15.6. The average Bonchev–Trinajstić information content (AvgIpc) is 3.07. The monoisotopic (exact) mass is 345 g/mol. The first-order valence-corrected chi connectivity index (χ1v) is 9.09. The third kappa shape index (κ3) is 3.75. The molecule has 0 N–H and O–H groups in total. The van der Waals surface area contributed by atoms with E-state index >= 15 is 0 Å². The molecule has 0 unspecified atom stereocenters. The molecule has 7 heteroatoms. The molecule has 0 saturated heterocycles. The average molecular weight is 345 g/mol. The number of aromatic nitrogens is 4. The molecular formula is C18H27N5O2. The van der Waals surface area contributed by atoms with Gasteiger partial charge in [-0.15, -0.1) is 0 Å². The van der Waals surface area contributed by atoms with Crippen LogP contribution in [0.2, 0.25) is 0 Å². The van der Waals surface area contributed by atoms with Gasteiger partial charge in [-0.3, -0.25) is 9.48 Å². The summed E-state index contributed by atoms with van der Waals surface area (Å²) in [6.45, 7) is 7.06. The molecule has 0 atom stereocenters. The lowest BCUT2D eigenvalue weighted by Gasteiger charge is -2.21. The smallest absolute Gasteiger partial charge is 0.229 e. The van der Waals surface area contributed by atoms with Crippen LogP contribution in [0.4, 0.5) is 0 Å². The van der Waals surface area contributed by atoms with Gasteiger partial charge in [-0.1, -0.05) is 11.6 Å². The molecule has 1 saturated carbocycles. The van der Waals surface area contributed by atoms with E-state index < -0.39 is 0 Å². The summed E-state index contributed by atoms with van der Waals surface area (Å²) < 4.78 is 7.22. The fourth-order valence-electron chi connectivity index (χ4n) is 3.27. The second-order valence-corrected chi connectivity index (χ2v) is 6.86. The second kappa shape index (κ2) is 7.37. The molecule has 0 bridgehead atoms. The fraction of sp³-hybridized carbons (Fsp3) is 0.667. The van der Waals surface area contributed by atoms with Gasteiger partial charge in [0.2, 0.25) is 11.8 Å². The van der Waals surface area contributed by atoms with Gasteiger partial charge in [0.1, 0.15) is 0 Å². The lowest BCUT2D eigenvalue weighted by Crippen LogP contribution is -2.31. The maximum absolute atomic E-state index is 12.6. The number of carbonyl (C=O) groups is 1. The summed E-state index contributed by atoms with van der Waals surface area (Å²) in [5, 5.41) is 8.46. The summed E-state index contributed by atoms with van der Waals surface area (Å²) in [6.07, 6.45) is 4.66. The van der Waals surface area contributed by atoms with E-state index in [9.17, 15) is 4.79 Å². The van der Waals surface area contributed by atoms with Gasteiger partial charge < -0.3 is 9.42 Å². The first kappa shape index (κ1) is 17.6. The minimum absolute atomic E-state index is 0.111. The van der Waals surface area contributed by atoms with Crippen molar-refractivity contribution in [2.24, 2.45) is 7.05 Å². The molecule has 7 nitrogen and oxygen atoms in total. The number of carbonyl (C=O) groups excluding carboxylic acids is 1. The first-order valence-electron chi connectivity index (χ1n) is 9.09. The van der Waals surface area contributed by atoms with Crippen molar-refractivity contribution < 1.29 is 9.32 Å². The van der Waals surface area contributed by atoms with Crippen molar-refractivity contribution >= 4 is 5.91 Å². The highest BCUT2D eigenvalue weighted by atomic mass is 16.5. The highest BCUT2D eigenvalue weighted by molar-refractivity contribution is 5.76. The van der Waals surface area contributed by atoms with Crippen LogP contribution in [-0.2, 0) is 24.8 Å². The molecule has 1 fully saturated rings. The zero-order valence-electron chi connectivity index (χ0n) is 15.6. The minimum atomic E-state index is 0.111. The van der Waals surface area contributed by atoms with Crippen molar-refractivity contribution in [3.63, 3.8) is 0 Å². The van der Waals surface area contributed by atoms with Gasteiger partial charge in [0.25, 0.3) is 0 Å². The largest absolute Gasteiger partial charge is 0.339 e. The van der Waals surface area contributed by atoms with Gasteiger partial charge in [-0.2, -0.15) is 10.1 Å². The van der Waals surface area contributed by atoms with E-state index in [-0.39, 0.29) is 5.91 Å². The Labute approximate surface area is 148 Å². The molecule has 2 aromatic rings. The number of amides is 1. The summed E-state index contributed by atoms with van der Waals surface area (Å²) in [4.78, 5) is 18.9. The van der Waals surface area contributed by atoms with Crippen LogP contribution in [0.1, 0.15) is 67.2 Å². The van der Waals surface area contributed by atoms with Crippen LogP contribution < -0.4 is 0 Å². The molecule has 0 aliphatic heterocycles. The van der Waals surface area contributed by atoms with E-state index in [1.807, 2.05) is 32.5 Å². The summed E-state index contributed by atoms with van der Waals surface area (Å²) in [7, 11) is 1.93. The fourth-order valence-corrected chi connectivity index (χ4v) is 3.27. The number of nitrogens with zero attached hydrogens (tertiary/aromatic N) is 5. The lowest BCUT2D eigenvalue weighted by atomic mass is 9.85. The predicted molar refractivity (Wildman–Crippen MR) is 93.0 cm³/mol. The summed E-state index contributed by atoms with van der Waals surface area (Å²) in [5.41, 5.74) is 3.29. The predicted octanol–water partition coefficient (Wildman–Crippen LogP) is 2.67. The molecule has 3 rings (SSSR count). The van der Waals surface area contributed by atoms with Crippen LogP contribution in [0, 0.1) is 13.8 Å². The molecule has 0 radical (unpaired) electrons. The van der Waals surface area contributed by atoms with Crippen LogP contribution in [-0.4, -0.2) is 37.3 Å². The lowest BCUT2D eigenvalue weighted by molar-refractivity contribution is -0.131. The second-order valence-electron chi connectivity index (χ2n) is 6.86. The van der Waals surface area contributed by atoms with Gasteiger partial charge in [-0.25, -0.2) is 0 Å². The molecule has 136 valence electrons. The molecule has 2 aromatic heterocycles. The van der Waals surface area contributed by atoms with Crippen LogP contribution in [0.3, 0.4) is 0 Å². The molecule has 2 heterocycles. The molecule has 25 heavy (non-hydrogen) atoms. The Morgan fingerprint density at radius 3 is 2.68 bits per heavy atom. The van der Waals surface area contributed by atoms with Crippen LogP contribution in [0.25, 0.3) is 0 Å². The van der Waals surface area contributed by atoms with Gasteiger partial charge in [-0.05, 0) is 45.6 Å².